The molecule has 0 heterocycles. The first-order valence-electron chi connectivity index (χ1n) is 6.48. The Bertz CT molecular complexity index is 197. The number of allylic oxidation sites excluding steroid dienone is 1. The maximum atomic E-state index is 3.28. The van der Waals surface area contributed by atoms with Gasteiger partial charge in [0.25, 0.3) is 0 Å². The highest BCUT2D eigenvalue weighted by molar-refractivity contribution is 5.09. The quantitative estimate of drug-likeness (QED) is 0.697. The van der Waals surface area contributed by atoms with Crippen LogP contribution in [-0.4, -0.2) is 13.6 Å². The average molecular weight is 209 g/mol. The van der Waals surface area contributed by atoms with Crippen molar-refractivity contribution in [1.29, 1.82) is 0 Å². The van der Waals surface area contributed by atoms with Gasteiger partial charge in [0.1, 0.15) is 0 Å². The van der Waals surface area contributed by atoms with Crippen molar-refractivity contribution in [3.8, 4) is 0 Å². The zero-order chi connectivity index (χ0) is 11.3. The third kappa shape index (κ3) is 4.38. The highest BCUT2D eigenvalue weighted by Crippen LogP contribution is 2.30. The molecule has 0 radical (unpaired) electrons. The molecule has 0 aromatic carbocycles. The van der Waals surface area contributed by atoms with Gasteiger partial charge >= 0.3 is 0 Å². The van der Waals surface area contributed by atoms with Gasteiger partial charge in [-0.05, 0) is 37.6 Å². The largest absolute Gasteiger partial charge is 0.316 e. The highest BCUT2D eigenvalue weighted by Gasteiger charge is 2.17. The Labute approximate surface area is 95.3 Å². The minimum Gasteiger partial charge on any atom is -0.316 e. The van der Waals surface area contributed by atoms with Crippen LogP contribution in [0.3, 0.4) is 0 Å². The summed E-state index contributed by atoms with van der Waals surface area (Å²) in [6.07, 6.45) is 8.20. The fourth-order valence-corrected chi connectivity index (χ4v) is 2.41. The lowest BCUT2D eigenvalue weighted by Crippen LogP contribution is -2.17. The second kappa shape index (κ2) is 6.32. The molecular formula is C14H27N. The first-order chi connectivity index (χ1) is 7.13. The molecule has 1 aliphatic carbocycles. The summed E-state index contributed by atoms with van der Waals surface area (Å²) in [5.41, 5.74) is 1.59. The molecule has 0 aromatic heterocycles. The smallest absolute Gasteiger partial charge is 0.0164 e. The molecule has 1 rings (SSSR count). The van der Waals surface area contributed by atoms with Crippen LogP contribution in [0.1, 0.15) is 46.5 Å². The molecule has 1 nitrogen and oxygen atoms in total. The molecule has 1 aliphatic rings. The Morgan fingerprint density at radius 2 is 1.87 bits per heavy atom. The summed E-state index contributed by atoms with van der Waals surface area (Å²) in [5.74, 6) is 2.50. The number of likely N-dealkylation sites (N-methyl/N-ethyl adjacent to an activating group) is 1. The molecule has 0 saturated heterocycles. The van der Waals surface area contributed by atoms with Crippen molar-refractivity contribution in [2.24, 2.45) is 17.8 Å². The molecular weight excluding hydrogens is 182 g/mol. The topological polar surface area (TPSA) is 12.0 Å². The van der Waals surface area contributed by atoms with Crippen LogP contribution in [0.2, 0.25) is 0 Å². The summed E-state index contributed by atoms with van der Waals surface area (Å²) in [7, 11) is 2.04. The van der Waals surface area contributed by atoms with Crippen LogP contribution < -0.4 is 5.32 Å². The molecule has 0 amide bonds. The molecule has 0 aromatic rings. The Morgan fingerprint density at radius 3 is 2.33 bits per heavy atom. The zero-order valence-electron chi connectivity index (χ0n) is 10.8. The van der Waals surface area contributed by atoms with E-state index in [1.165, 1.54) is 25.7 Å². The summed E-state index contributed by atoms with van der Waals surface area (Å²) in [6, 6.07) is 0. The number of rotatable bonds is 4. The molecule has 0 atom stereocenters. The predicted molar refractivity (Wildman–Crippen MR) is 68.0 cm³/mol. The van der Waals surface area contributed by atoms with Crippen molar-refractivity contribution in [3.63, 3.8) is 0 Å². The molecule has 15 heavy (non-hydrogen) atoms. The minimum absolute atomic E-state index is 0.691. The lowest BCUT2D eigenvalue weighted by Gasteiger charge is -2.25. The Hall–Kier alpha value is -0.300. The molecule has 0 unspecified atom stereocenters. The van der Waals surface area contributed by atoms with Gasteiger partial charge in [0.2, 0.25) is 0 Å². The van der Waals surface area contributed by atoms with Gasteiger partial charge in [0.05, 0.1) is 0 Å². The van der Waals surface area contributed by atoms with Gasteiger partial charge in [-0.15, -0.1) is 0 Å². The number of hydrogen-bond donors (Lipinski definition) is 1. The predicted octanol–water partition coefficient (Wildman–Crippen LogP) is 3.61. The SMILES string of the molecule is CNC/C(=C\C1CCC(C)CC1)C(C)C. The van der Waals surface area contributed by atoms with E-state index in [9.17, 15) is 0 Å². The van der Waals surface area contributed by atoms with Crippen molar-refractivity contribution >= 4 is 0 Å². The van der Waals surface area contributed by atoms with E-state index in [0.717, 1.165) is 18.4 Å². The minimum atomic E-state index is 0.691. The summed E-state index contributed by atoms with van der Waals surface area (Å²) in [4.78, 5) is 0. The van der Waals surface area contributed by atoms with E-state index in [1.54, 1.807) is 5.57 Å². The molecule has 1 heteroatoms. The summed E-state index contributed by atoms with van der Waals surface area (Å²) in [5, 5.41) is 3.28. The van der Waals surface area contributed by atoms with E-state index in [1.807, 2.05) is 7.05 Å². The maximum Gasteiger partial charge on any atom is 0.0164 e. The van der Waals surface area contributed by atoms with Gasteiger partial charge in [-0.25, -0.2) is 0 Å². The van der Waals surface area contributed by atoms with Gasteiger partial charge in [-0.2, -0.15) is 0 Å². The van der Waals surface area contributed by atoms with E-state index < -0.39 is 0 Å². The lowest BCUT2D eigenvalue weighted by molar-refractivity contribution is 0.328. The van der Waals surface area contributed by atoms with Crippen LogP contribution in [0.15, 0.2) is 11.6 Å². The van der Waals surface area contributed by atoms with Crippen molar-refractivity contribution in [3.05, 3.63) is 11.6 Å². The van der Waals surface area contributed by atoms with Crippen LogP contribution >= 0.6 is 0 Å². The second-order valence-electron chi connectivity index (χ2n) is 5.45. The third-order valence-electron chi connectivity index (χ3n) is 3.63. The average Bonchev–Trinajstić information content (AvgIpc) is 2.20. The van der Waals surface area contributed by atoms with Crippen LogP contribution in [-0.2, 0) is 0 Å². The number of hydrogen-bond acceptors (Lipinski definition) is 1. The fourth-order valence-electron chi connectivity index (χ4n) is 2.41. The molecule has 1 saturated carbocycles. The standard InChI is InChI=1S/C14H27N/c1-11(2)14(10-15-4)9-13-7-5-12(3)6-8-13/h9,11-13,15H,5-8,10H2,1-4H3/b14-9+. The molecule has 1 N–H and O–H groups in total. The molecule has 0 aliphatic heterocycles. The second-order valence-corrected chi connectivity index (χ2v) is 5.45. The van der Waals surface area contributed by atoms with Crippen LogP contribution in [0.5, 0.6) is 0 Å². The van der Waals surface area contributed by atoms with Crippen molar-refractivity contribution < 1.29 is 0 Å². The summed E-state index contributed by atoms with van der Waals surface area (Å²) >= 11 is 0. The fraction of sp³-hybridized carbons (Fsp3) is 0.857. The van der Waals surface area contributed by atoms with Gasteiger partial charge in [0.15, 0.2) is 0 Å². The van der Waals surface area contributed by atoms with Crippen molar-refractivity contribution in [1.82, 2.24) is 5.32 Å². The van der Waals surface area contributed by atoms with E-state index in [-0.39, 0.29) is 0 Å². The van der Waals surface area contributed by atoms with Crippen LogP contribution in [0.25, 0.3) is 0 Å². The zero-order valence-corrected chi connectivity index (χ0v) is 10.8. The van der Waals surface area contributed by atoms with Crippen molar-refractivity contribution in [2.45, 2.75) is 46.5 Å². The van der Waals surface area contributed by atoms with Gasteiger partial charge < -0.3 is 5.32 Å². The first-order valence-corrected chi connectivity index (χ1v) is 6.48. The van der Waals surface area contributed by atoms with Crippen LogP contribution in [0.4, 0.5) is 0 Å². The summed E-state index contributed by atoms with van der Waals surface area (Å²) < 4.78 is 0. The van der Waals surface area contributed by atoms with Crippen LogP contribution in [0, 0.1) is 17.8 Å². The Morgan fingerprint density at radius 1 is 1.27 bits per heavy atom. The molecule has 0 bridgehead atoms. The Balaban J connectivity index is 2.50. The van der Waals surface area contributed by atoms with E-state index >= 15 is 0 Å². The molecule has 1 fully saturated rings. The third-order valence-corrected chi connectivity index (χ3v) is 3.63. The van der Waals surface area contributed by atoms with Crippen molar-refractivity contribution in [2.75, 3.05) is 13.6 Å². The molecule has 0 spiro atoms. The normalized spacial score (nSPS) is 28.5. The van der Waals surface area contributed by atoms with Gasteiger partial charge in [-0.1, -0.05) is 45.3 Å². The number of nitrogens with one attached hydrogen (secondary N) is 1. The highest BCUT2D eigenvalue weighted by atomic mass is 14.8. The monoisotopic (exact) mass is 209 g/mol. The first kappa shape index (κ1) is 12.8. The maximum absolute atomic E-state index is 3.28. The van der Waals surface area contributed by atoms with Gasteiger partial charge in [0, 0.05) is 6.54 Å². The van der Waals surface area contributed by atoms with E-state index in [2.05, 4.69) is 32.2 Å². The Kier molecular flexibility index (Phi) is 5.38. The van der Waals surface area contributed by atoms with E-state index in [4.69, 9.17) is 0 Å². The lowest BCUT2D eigenvalue weighted by atomic mass is 9.81. The molecule has 88 valence electrons. The van der Waals surface area contributed by atoms with Gasteiger partial charge in [-0.3, -0.25) is 0 Å². The summed E-state index contributed by atoms with van der Waals surface area (Å²) in [6.45, 7) is 8.05. The van der Waals surface area contributed by atoms with E-state index in [0.29, 0.717) is 5.92 Å².